The van der Waals surface area contributed by atoms with E-state index in [0.717, 1.165) is 11.6 Å². The lowest BCUT2D eigenvalue weighted by molar-refractivity contribution is -0.131. The van der Waals surface area contributed by atoms with Gasteiger partial charge in [-0.05, 0) is 17.7 Å². The van der Waals surface area contributed by atoms with Crippen LogP contribution in [0.2, 0.25) is 0 Å². The molecule has 2 rings (SSSR count). The molecule has 0 aromatic heterocycles. The number of hydrazone groups is 1. The largest absolute Gasteiger partial charge is 0.478 e. The molecule has 0 unspecified atom stereocenters. The second-order valence-corrected chi connectivity index (χ2v) is 2.90. The number of hydrogen-bond donors (Lipinski definition) is 2. The zero-order chi connectivity index (χ0) is 12.3. The lowest BCUT2D eigenvalue weighted by Crippen LogP contribution is -2.03. The van der Waals surface area contributed by atoms with Crippen LogP contribution in [0.25, 0.3) is 6.08 Å². The summed E-state index contributed by atoms with van der Waals surface area (Å²) in [5.41, 5.74) is 3.17. The third-order valence-electron chi connectivity index (χ3n) is 1.63. The Morgan fingerprint density at radius 1 is 1.35 bits per heavy atom. The number of carboxylic acids is 1. The standard InChI is InChI=1S/C9H8O2.C3H4N2O/c10-9(11)7-6-8-4-2-1-3-5-8;1-2-4-5-6-3-1/h1-7H,(H,10,11);1-3,5H. The third kappa shape index (κ3) is 6.51. The van der Waals surface area contributed by atoms with Crippen LogP contribution < -0.4 is 5.59 Å². The average molecular weight is 232 g/mol. The van der Waals surface area contributed by atoms with E-state index >= 15 is 0 Å². The Hall–Kier alpha value is -2.56. The van der Waals surface area contributed by atoms with E-state index in [4.69, 9.17) is 5.11 Å². The van der Waals surface area contributed by atoms with Crippen LogP contribution in [0.5, 0.6) is 0 Å². The van der Waals surface area contributed by atoms with E-state index in [1.165, 1.54) is 6.26 Å². The van der Waals surface area contributed by atoms with Crippen LogP contribution in [0.4, 0.5) is 0 Å². The second-order valence-electron chi connectivity index (χ2n) is 2.90. The smallest absolute Gasteiger partial charge is 0.328 e. The molecule has 1 aliphatic rings. The summed E-state index contributed by atoms with van der Waals surface area (Å²) >= 11 is 0. The van der Waals surface area contributed by atoms with E-state index in [0.29, 0.717) is 0 Å². The molecule has 1 aliphatic heterocycles. The Morgan fingerprint density at radius 2 is 2.12 bits per heavy atom. The fourth-order valence-electron chi connectivity index (χ4n) is 0.940. The topological polar surface area (TPSA) is 70.9 Å². The van der Waals surface area contributed by atoms with Crippen molar-refractivity contribution in [2.75, 3.05) is 0 Å². The van der Waals surface area contributed by atoms with Gasteiger partial charge in [0.1, 0.15) is 6.26 Å². The van der Waals surface area contributed by atoms with Gasteiger partial charge in [-0.3, -0.25) is 0 Å². The van der Waals surface area contributed by atoms with E-state index in [9.17, 15) is 4.79 Å². The minimum atomic E-state index is -0.922. The SMILES string of the molecule is C1=CONN=C1.O=C(O)C=Cc1ccccc1. The molecule has 0 bridgehead atoms. The number of carbonyl (C=O) groups is 1. The number of nitrogens with one attached hydrogen (secondary N) is 1. The molecule has 88 valence electrons. The third-order valence-corrected chi connectivity index (χ3v) is 1.63. The van der Waals surface area contributed by atoms with Crippen LogP contribution in [0, 0.1) is 0 Å². The molecular weight excluding hydrogens is 220 g/mol. The molecule has 0 fully saturated rings. The van der Waals surface area contributed by atoms with E-state index in [-0.39, 0.29) is 0 Å². The Balaban J connectivity index is 0.000000202. The van der Waals surface area contributed by atoms with E-state index in [1.54, 1.807) is 18.4 Å². The zero-order valence-corrected chi connectivity index (χ0v) is 8.98. The van der Waals surface area contributed by atoms with E-state index in [2.05, 4.69) is 15.5 Å². The van der Waals surface area contributed by atoms with Crippen molar-refractivity contribution in [2.24, 2.45) is 5.10 Å². The fourth-order valence-corrected chi connectivity index (χ4v) is 0.940. The van der Waals surface area contributed by atoms with Gasteiger partial charge in [0, 0.05) is 6.08 Å². The molecule has 1 heterocycles. The molecule has 17 heavy (non-hydrogen) atoms. The fraction of sp³-hybridized carbons (Fsp3) is 0. The Morgan fingerprint density at radius 3 is 2.53 bits per heavy atom. The first kappa shape index (κ1) is 12.5. The summed E-state index contributed by atoms with van der Waals surface area (Å²) in [7, 11) is 0. The highest BCUT2D eigenvalue weighted by molar-refractivity contribution is 5.85. The Bertz CT molecular complexity index is 413. The monoisotopic (exact) mass is 232 g/mol. The first-order valence-electron chi connectivity index (χ1n) is 4.84. The molecule has 0 saturated heterocycles. The van der Waals surface area contributed by atoms with Crippen molar-refractivity contribution >= 4 is 18.3 Å². The predicted octanol–water partition coefficient (Wildman–Crippen LogP) is 1.81. The molecule has 2 N–H and O–H groups in total. The summed E-state index contributed by atoms with van der Waals surface area (Å²) in [5, 5.41) is 11.8. The number of benzene rings is 1. The number of aliphatic carboxylic acids is 1. The maximum Gasteiger partial charge on any atom is 0.328 e. The number of nitrogens with zero attached hydrogens (tertiary/aromatic N) is 1. The highest BCUT2D eigenvalue weighted by Crippen LogP contribution is 1.99. The number of carboxylic acid groups (broad SMARTS) is 1. The molecule has 0 atom stereocenters. The van der Waals surface area contributed by atoms with E-state index in [1.807, 2.05) is 30.3 Å². The maximum atomic E-state index is 10.1. The van der Waals surface area contributed by atoms with Gasteiger partial charge in [-0.25, -0.2) is 4.79 Å². The molecule has 0 spiro atoms. The first-order valence-corrected chi connectivity index (χ1v) is 4.84. The van der Waals surface area contributed by atoms with Crippen LogP contribution in [-0.2, 0) is 9.63 Å². The lowest BCUT2D eigenvalue weighted by atomic mass is 10.2. The molecule has 1 aromatic rings. The predicted molar refractivity (Wildman–Crippen MR) is 65.0 cm³/mol. The highest BCUT2D eigenvalue weighted by atomic mass is 16.7. The van der Waals surface area contributed by atoms with Crippen LogP contribution in [0.1, 0.15) is 5.56 Å². The van der Waals surface area contributed by atoms with Crippen LogP contribution >= 0.6 is 0 Å². The van der Waals surface area contributed by atoms with Gasteiger partial charge in [-0.15, -0.1) is 5.59 Å². The number of allylic oxidation sites excluding steroid dienone is 1. The van der Waals surface area contributed by atoms with Crippen molar-refractivity contribution < 1.29 is 14.7 Å². The quantitative estimate of drug-likeness (QED) is 0.763. The van der Waals surface area contributed by atoms with Crippen molar-refractivity contribution in [1.29, 1.82) is 0 Å². The summed E-state index contributed by atoms with van der Waals surface area (Å²) < 4.78 is 0. The van der Waals surface area contributed by atoms with Crippen LogP contribution in [0.15, 0.2) is 53.8 Å². The maximum absolute atomic E-state index is 10.1. The van der Waals surface area contributed by atoms with Gasteiger partial charge < -0.3 is 9.94 Å². The van der Waals surface area contributed by atoms with Gasteiger partial charge in [0.05, 0.1) is 6.21 Å². The minimum Gasteiger partial charge on any atom is -0.478 e. The summed E-state index contributed by atoms with van der Waals surface area (Å²) in [5.74, 6) is -0.922. The molecule has 0 amide bonds. The summed E-state index contributed by atoms with van der Waals surface area (Å²) in [6.45, 7) is 0. The number of hydrogen-bond acceptors (Lipinski definition) is 4. The van der Waals surface area contributed by atoms with Gasteiger partial charge in [-0.2, -0.15) is 5.10 Å². The summed E-state index contributed by atoms with van der Waals surface area (Å²) in [6.07, 6.45) is 7.48. The summed E-state index contributed by atoms with van der Waals surface area (Å²) in [4.78, 5) is 14.5. The Labute approximate surface area is 98.7 Å². The second kappa shape index (κ2) is 7.70. The zero-order valence-electron chi connectivity index (χ0n) is 8.98. The lowest BCUT2D eigenvalue weighted by Gasteiger charge is -1.96. The Kier molecular flexibility index (Phi) is 5.66. The minimum absolute atomic E-state index is 0.898. The summed E-state index contributed by atoms with van der Waals surface area (Å²) in [6, 6.07) is 9.31. The van der Waals surface area contributed by atoms with E-state index < -0.39 is 5.97 Å². The molecular formula is C12H12N2O3. The average Bonchev–Trinajstić information content (AvgIpc) is 2.40. The van der Waals surface area contributed by atoms with Crippen molar-refractivity contribution in [3.63, 3.8) is 0 Å². The molecule has 0 radical (unpaired) electrons. The highest BCUT2D eigenvalue weighted by Gasteiger charge is 1.85. The molecule has 5 heteroatoms. The molecule has 1 aromatic carbocycles. The van der Waals surface area contributed by atoms with Gasteiger partial charge in [0.15, 0.2) is 0 Å². The molecule has 0 saturated carbocycles. The first-order chi connectivity index (χ1) is 8.29. The van der Waals surface area contributed by atoms with Gasteiger partial charge in [0.2, 0.25) is 0 Å². The van der Waals surface area contributed by atoms with Gasteiger partial charge in [0.25, 0.3) is 0 Å². The van der Waals surface area contributed by atoms with Crippen molar-refractivity contribution in [3.8, 4) is 0 Å². The van der Waals surface area contributed by atoms with Crippen LogP contribution in [-0.4, -0.2) is 17.3 Å². The van der Waals surface area contributed by atoms with Crippen molar-refractivity contribution in [3.05, 3.63) is 54.3 Å². The number of rotatable bonds is 2. The molecule has 5 nitrogen and oxygen atoms in total. The normalized spacial score (nSPS) is 12.2. The van der Waals surface area contributed by atoms with Gasteiger partial charge >= 0.3 is 5.97 Å². The van der Waals surface area contributed by atoms with Crippen LogP contribution in [0.3, 0.4) is 0 Å². The van der Waals surface area contributed by atoms with Crippen molar-refractivity contribution in [2.45, 2.75) is 0 Å². The van der Waals surface area contributed by atoms with Crippen molar-refractivity contribution in [1.82, 2.24) is 5.59 Å². The van der Waals surface area contributed by atoms with Gasteiger partial charge in [-0.1, -0.05) is 30.3 Å². The molecule has 0 aliphatic carbocycles.